The largest absolute Gasteiger partial charge is 0.416 e. The standard InChI is InChI=1S/C29H31F3N2O2/c1-3-4-10-22-14-16-23(17-15-22)27(35)33-18-8-19-34(28(36)26-13-6-5-9-21(26)2)25-12-7-11-24(20-25)29(30,31)32/h5-7,9,11-17,20H,3-4,8,10,18-19H2,1-2H3,(H,33,35). The van der Waals surface area contributed by atoms with E-state index in [0.717, 1.165) is 37.0 Å². The zero-order chi connectivity index (χ0) is 26.1. The van der Waals surface area contributed by atoms with E-state index in [1.165, 1.54) is 22.6 Å². The normalized spacial score (nSPS) is 11.2. The van der Waals surface area contributed by atoms with Gasteiger partial charge < -0.3 is 10.2 Å². The zero-order valence-electron chi connectivity index (χ0n) is 20.6. The predicted octanol–water partition coefficient (Wildman–Crippen LogP) is 6.82. The Morgan fingerprint density at radius 3 is 2.31 bits per heavy atom. The van der Waals surface area contributed by atoms with Gasteiger partial charge in [0, 0.05) is 29.9 Å². The Balaban J connectivity index is 1.70. The van der Waals surface area contributed by atoms with E-state index < -0.39 is 11.7 Å². The van der Waals surface area contributed by atoms with E-state index in [1.807, 2.05) is 12.1 Å². The lowest BCUT2D eigenvalue weighted by Gasteiger charge is -2.25. The number of aryl methyl sites for hydroxylation is 2. The number of carbonyl (C=O) groups is 2. The lowest BCUT2D eigenvalue weighted by molar-refractivity contribution is -0.137. The minimum Gasteiger partial charge on any atom is -0.352 e. The maximum absolute atomic E-state index is 13.3. The lowest BCUT2D eigenvalue weighted by Crippen LogP contribution is -2.35. The van der Waals surface area contributed by atoms with Crippen molar-refractivity contribution in [2.24, 2.45) is 0 Å². The number of carbonyl (C=O) groups excluding carboxylic acids is 2. The van der Waals surface area contributed by atoms with Gasteiger partial charge in [-0.1, -0.05) is 49.7 Å². The van der Waals surface area contributed by atoms with Gasteiger partial charge in [0.25, 0.3) is 11.8 Å². The van der Waals surface area contributed by atoms with Crippen LogP contribution >= 0.6 is 0 Å². The van der Waals surface area contributed by atoms with Crippen molar-refractivity contribution in [1.82, 2.24) is 5.32 Å². The van der Waals surface area contributed by atoms with Crippen LogP contribution in [0.15, 0.2) is 72.8 Å². The highest BCUT2D eigenvalue weighted by molar-refractivity contribution is 6.07. The smallest absolute Gasteiger partial charge is 0.352 e. The Morgan fingerprint density at radius 1 is 0.917 bits per heavy atom. The third-order valence-corrected chi connectivity index (χ3v) is 5.98. The van der Waals surface area contributed by atoms with E-state index in [9.17, 15) is 22.8 Å². The van der Waals surface area contributed by atoms with Crippen molar-refractivity contribution in [3.63, 3.8) is 0 Å². The van der Waals surface area contributed by atoms with Crippen LogP contribution in [0.25, 0.3) is 0 Å². The number of alkyl halides is 3. The van der Waals surface area contributed by atoms with Crippen LogP contribution in [0.2, 0.25) is 0 Å². The quantitative estimate of drug-likeness (QED) is 0.313. The molecule has 0 unspecified atom stereocenters. The number of amides is 2. The fourth-order valence-electron chi connectivity index (χ4n) is 3.90. The summed E-state index contributed by atoms with van der Waals surface area (Å²) in [5, 5.41) is 2.84. The molecule has 3 rings (SSSR count). The summed E-state index contributed by atoms with van der Waals surface area (Å²) in [7, 11) is 0. The first-order chi connectivity index (χ1) is 17.2. The van der Waals surface area contributed by atoms with Crippen molar-refractivity contribution in [2.45, 2.75) is 45.7 Å². The first-order valence-electron chi connectivity index (χ1n) is 12.1. The molecular formula is C29H31F3N2O2. The van der Waals surface area contributed by atoms with E-state index in [0.29, 0.717) is 17.5 Å². The van der Waals surface area contributed by atoms with Gasteiger partial charge in [0.2, 0.25) is 0 Å². The van der Waals surface area contributed by atoms with Crippen LogP contribution in [0, 0.1) is 6.92 Å². The molecule has 190 valence electrons. The molecular weight excluding hydrogens is 465 g/mol. The number of unbranched alkanes of at least 4 members (excludes halogenated alkanes) is 1. The molecule has 36 heavy (non-hydrogen) atoms. The Labute approximate surface area is 210 Å². The molecule has 2 amide bonds. The van der Waals surface area contributed by atoms with Gasteiger partial charge in [-0.05, 0) is 73.7 Å². The summed E-state index contributed by atoms with van der Waals surface area (Å²) >= 11 is 0. The van der Waals surface area contributed by atoms with Crippen molar-refractivity contribution in [1.29, 1.82) is 0 Å². The van der Waals surface area contributed by atoms with Gasteiger partial charge in [-0.3, -0.25) is 9.59 Å². The number of hydrogen-bond donors (Lipinski definition) is 1. The minimum absolute atomic E-state index is 0.144. The van der Waals surface area contributed by atoms with Crippen LogP contribution in [0.1, 0.15) is 63.6 Å². The molecule has 0 aliphatic carbocycles. The summed E-state index contributed by atoms with van der Waals surface area (Å²) in [6.45, 7) is 4.33. The number of rotatable bonds is 10. The van der Waals surface area contributed by atoms with Crippen LogP contribution in [-0.4, -0.2) is 24.9 Å². The van der Waals surface area contributed by atoms with Gasteiger partial charge in [-0.2, -0.15) is 13.2 Å². The molecule has 7 heteroatoms. The van der Waals surface area contributed by atoms with Crippen molar-refractivity contribution in [3.05, 3.63) is 101 Å². The molecule has 0 aliphatic rings. The SMILES string of the molecule is CCCCc1ccc(C(=O)NCCCN(C(=O)c2ccccc2C)c2cccc(C(F)(F)F)c2)cc1. The Kier molecular flexibility index (Phi) is 9.28. The van der Waals surface area contributed by atoms with Crippen LogP contribution in [-0.2, 0) is 12.6 Å². The third-order valence-electron chi connectivity index (χ3n) is 5.98. The second-order valence-electron chi connectivity index (χ2n) is 8.73. The molecule has 0 spiro atoms. The monoisotopic (exact) mass is 496 g/mol. The molecule has 3 aromatic carbocycles. The average molecular weight is 497 g/mol. The molecule has 1 N–H and O–H groups in total. The van der Waals surface area contributed by atoms with Crippen molar-refractivity contribution < 1.29 is 22.8 Å². The second-order valence-corrected chi connectivity index (χ2v) is 8.73. The van der Waals surface area contributed by atoms with Gasteiger partial charge in [0.15, 0.2) is 0 Å². The van der Waals surface area contributed by atoms with Gasteiger partial charge in [-0.25, -0.2) is 0 Å². The summed E-state index contributed by atoms with van der Waals surface area (Å²) in [6, 6.07) is 19.2. The van der Waals surface area contributed by atoms with Crippen molar-refractivity contribution in [3.8, 4) is 0 Å². The van der Waals surface area contributed by atoms with Gasteiger partial charge in [0.1, 0.15) is 0 Å². The Bertz CT molecular complexity index is 1170. The molecule has 0 saturated carbocycles. The topological polar surface area (TPSA) is 49.4 Å². The molecule has 0 radical (unpaired) electrons. The van der Waals surface area contributed by atoms with E-state index in [-0.39, 0.29) is 30.6 Å². The van der Waals surface area contributed by atoms with E-state index in [1.54, 1.807) is 43.3 Å². The van der Waals surface area contributed by atoms with Crippen molar-refractivity contribution >= 4 is 17.5 Å². The van der Waals surface area contributed by atoms with E-state index >= 15 is 0 Å². The summed E-state index contributed by atoms with van der Waals surface area (Å²) in [5.41, 5.74) is 2.21. The number of halogens is 3. The summed E-state index contributed by atoms with van der Waals surface area (Å²) in [6.07, 6.45) is -0.985. The van der Waals surface area contributed by atoms with E-state index in [4.69, 9.17) is 0 Å². The average Bonchev–Trinajstić information content (AvgIpc) is 2.87. The molecule has 0 bridgehead atoms. The van der Waals surface area contributed by atoms with Gasteiger partial charge >= 0.3 is 6.18 Å². The number of benzene rings is 3. The maximum atomic E-state index is 13.3. The Morgan fingerprint density at radius 2 is 1.64 bits per heavy atom. The van der Waals surface area contributed by atoms with E-state index in [2.05, 4.69) is 12.2 Å². The highest BCUT2D eigenvalue weighted by Crippen LogP contribution is 2.32. The van der Waals surface area contributed by atoms with Gasteiger partial charge in [0.05, 0.1) is 5.56 Å². The highest BCUT2D eigenvalue weighted by atomic mass is 19.4. The first kappa shape index (κ1) is 27.0. The molecule has 0 fully saturated rings. The predicted molar refractivity (Wildman–Crippen MR) is 136 cm³/mol. The Hall–Kier alpha value is -3.61. The molecule has 0 heterocycles. The van der Waals surface area contributed by atoms with Gasteiger partial charge in [-0.15, -0.1) is 0 Å². The second kappa shape index (κ2) is 12.4. The van der Waals surface area contributed by atoms with Crippen molar-refractivity contribution in [2.75, 3.05) is 18.0 Å². The molecule has 0 aliphatic heterocycles. The molecule has 0 saturated heterocycles. The highest BCUT2D eigenvalue weighted by Gasteiger charge is 2.31. The number of anilines is 1. The molecule has 0 atom stereocenters. The van der Waals surface area contributed by atoms with Crippen LogP contribution in [0.3, 0.4) is 0 Å². The fraction of sp³-hybridized carbons (Fsp3) is 0.310. The summed E-state index contributed by atoms with van der Waals surface area (Å²) in [4.78, 5) is 27.2. The fourth-order valence-corrected chi connectivity index (χ4v) is 3.90. The number of hydrogen-bond acceptors (Lipinski definition) is 2. The molecule has 0 aromatic heterocycles. The minimum atomic E-state index is -4.52. The molecule has 4 nitrogen and oxygen atoms in total. The van der Waals surface area contributed by atoms with Crippen LogP contribution in [0.5, 0.6) is 0 Å². The summed E-state index contributed by atoms with van der Waals surface area (Å²) in [5.74, 6) is -0.616. The molecule has 3 aromatic rings. The maximum Gasteiger partial charge on any atom is 0.416 e. The third kappa shape index (κ3) is 7.20. The first-order valence-corrected chi connectivity index (χ1v) is 12.1. The number of nitrogens with zero attached hydrogens (tertiary/aromatic N) is 1. The zero-order valence-corrected chi connectivity index (χ0v) is 20.6. The summed E-state index contributed by atoms with van der Waals surface area (Å²) < 4.78 is 39.9. The van der Waals surface area contributed by atoms with Crippen LogP contribution in [0.4, 0.5) is 18.9 Å². The number of nitrogens with one attached hydrogen (secondary N) is 1. The lowest BCUT2D eigenvalue weighted by atomic mass is 10.1. The van der Waals surface area contributed by atoms with Crippen LogP contribution < -0.4 is 10.2 Å².